The summed E-state index contributed by atoms with van der Waals surface area (Å²) in [6.45, 7) is 6.92. The summed E-state index contributed by atoms with van der Waals surface area (Å²) in [6, 6.07) is 2.02. The predicted octanol–water partition coefficient (Wildman–Crippen LogP) is 3.55. The molecule has 2 aromatic rings. The summed E-state index contributed by atoms with van der Waals surface area (Å²) in [5.41, 5.74) is 2.29. The zero-order valence-corrected chi connectivity index (χ0v) is 12.7. The van der Waals surface area contributed by atoms with Crippen LogP contribution >= 0.6 is 11.6 Å². The van der Waals surface area contributed by atoms with E-state index < -0.39 is 0 Å². The van der Waals surface area contributed by atoms with Crippen LogP contribution in [0.25, 0.3) is 11.0 Å². The quantitative estimate of drug-likeness (QED) is 0.813. The van der Waals surface area contributed by atoms with Crippen LogP contribution in [-0.2, 0) is 11.3 Å². The highest BCUT2D eigenvalue weighted by atomic mass is 35.5. The zero-order chi connectivity index (χ0) is 14.2. The second-order valence-corrected chi connectivity index (χ2v) is 6.61. The van der Waals surface area contributed by atoms with Crippen molar-refractivity contribution >= 4 is 22.6 Å². The van der Waals surface area contributed by atoms with E-state index in [1.54, 1.807) is 6.20 Å². The maximum Gasteiger partial charge on any atom is 0.127 e. The molecule has 108 valence electrons. The summed E-state index contributed by atoms with van der Waals surface area (Å²) in [6.07, 6.45) is 5.78. The maximum absolute atomic E-state index is 6.31. The Labute approximate surface area is 124 Å². The number of aromatic nitrogens is 3. The van der Waals surface area contributed by atoms with Gasteiger partial charge in [-0.3, -0.25) is 4.98 Å². The first-order chi connectivity index (χ1) is 9.59. The highest BCUT2D eigenvalue weighted by molar-refractivity contribution is 6.20. The lowest BCUT2D eigenvalue weighted by Gasteiger charge is -2.34. The molecule has 0 spiro atoms. The first-order valence-corrected chi connectivity index (χ1v) is 7.55. The summed E-state index contributed by atoms with van der Waals surface area (Å²) < 4.78 is 7.75. The highest BCUT2D eigenvalue weighted by Gasteiger charge is 2.30. The molecule has 3 rings (SSSR count). The van der Waals surface area contributed by atoms with Crippen molar-refractivity contribution in [3.8, 4) is 0 Å². The van der Waals surface area contributed by atoms with Gasteiger partial charge in [0.15, 0.2) is 0 Å². The molecule has 0 N–H and O–H groups in total. The largest absolute Gasteiger partial charge is 0.381 e. The summed E-state index contributed by atoms with van der Waals surface area (Å²) in [5, 5.41) is -0.106. The minimum absolute atomic E-state index is 0.106. The molecule has 0 saturated carbocycles. The van der Waals surface area contributed by atoms with Crippen LogP contribution in [0.4, 0.5) is 0 Å². The first-order valence-electron chi connectivity index (χ1n) is 7.11. The lowest BCUT2D eigenvalue weighted by atomic mass is 9.82. The first kappa shape index (κ1) is 13.8. The van der Waals surface area contributed by atoms with Gasteiger partial charge in [0.05, 0.1) is 17.1 Å². The molecule has 0 amide bonds. The highest BCUT2D eigenvalue weighted by Crippen LogP contribution is 2.34. The Hall–Kier alpha value is -1.13. The topological polar surface area (TPSA) is 39.9 Å². The normalized spacial score (nSPS) is 20.1. The van der Waals surface area contributed by atoms with Crippen LogP contribution in [0.15, 0.2) is 18.5 Å². The summed E-state index contributed by atoms with van der Waals surface area (Å²) in [7, 11) is 0. The van der Waals surface area contributed by atoms with E-state index in [1.807, 2.05) is 19.2 Å². The lowest BCUT2D eigenvalue weighted by molar-refractivity contribution is 0.0157. The smallest absolute Gasteiger partial charge is 0.127 e. The molecule has 4 nitrogen and oxygen atoms in total. The number of pyridine rings is 1. The van der Waals surface area contributed by atoms with E-state index in [0.29, 0.717) is 0 Å². The molecule has 1 aliphatic rings. The molecule has 3 heterocycles. The van der Waals surface area contributed by atoms with Crippen molar-refractivity contribution in [1.82, 2.24) is 14.5 Å². The van der Waals surface area contributed by atoms with Crippen LogP contribution in [0.3, 0.4) is 0 Å². The number of hydrogen-bond donors (Lipinski definition) is 0. The third kappa shape index (κ3) is 2.54. The molecule has 1 unspecified atom stereocenters. The van der Waals surface area contributed by atoms with Crippen molar-refractivity contribution in [2.75, 3.05) is 13.2 Å². The zero-order valence-electron chi connectivity index (χ0n) is 12.0. The number of imidazole rings is 1. The summed E-state index contributed by atoms with van der Waals surface area (Å²) in [5.74, 6) is 0.933. The van der Waals surface area contributed by atoms with Crippen molar-refractivity contribution in [2.45, 2.75) is 38.6 Å². The van der Waals surface area contributed by atoms with E-state index in [2.05, 4.69) is 21.5 Å². The number of halogens is 1. The minimum Gasteiger partial charge on any atom is -0.381 e. The Balaban J connectivity index is 2.02. The summed E-state index contributed by atoms with van der Waals surface area (Å²) in [4.78, 5) is 8.80. The number of hydrogen-bond acceptors (Lipinski definition) is 3. The molecule has 1 fully saturated rings. The van der Waals surface area contributed by atoms with Gasteiger partial charge >= 0.3 is 0 Å². The van der Waals surface area contributed by atoms with Gasteiger partial charge in [0, 0.05) is 26.0 Å². The average molecular weight is 294 g/mol. The van der Waals surface area contributed by atoms with Crippen molar-refractivity contribution < 1.29 is 4.74 Å². The van der Waals surface area contributed by atoms with E-state index >= 15 is 0 Å². The van der Waals surface area contributed by atoms with E-state index in [4.69, 9.17) is 16.3 Å². The number of ether oxygens (including phenoxy) is 1. The van der Waals surface area contributed by atoms with E-state index in [-0.39, 0.29) is 10.8 Å². The minimum atomic E-state index is -0.106. The SMILES string of the molecule is CC(Cl)c1nc2cnccc2n1CC1(C)CCOCC1. The van der Waals surface area contributed by atoms with Crippen LogP contribution in [0.2, 0.25) is 0 Å². The molecule has 1 aliphatic heterocycles. The third-order valence-electron chi connectivity index (χ3n) is 4.18. The van der Waals surface area contributed by atoms with Crippen molar-refractivity contribution in [1.29, 1.82) is 0 Å². The van der Waals surface area contributed by atoms with Crippen LogP contribution in [-0.4, -0.2) is 27.7 Å². The van der Waals surface area contributed by atoms with Gasteiger partial charge in [0.2, 0.25) is 0 Å². The van der Waals surface area contributed by atoms with Gasteiger partial charge in [-0.2, -0.15) is 0 Å². The second kappa shape index (κ2) is 5.34. The Morgan fingerprint density at radius 1 is 1.45 bits per heavy atom. The van der Waals surface area contributed by atoms with E-state index in [9.17, 15) is 0 Å². The van der Waals surface area contributed by atoms with Crippen molar-refractivity contribution in [3.63, 3.8) is 0 Å². The van der Waals surface area contributed by atoms with Gasteiger partial charge in [0.25, 0.3) is 0 Å². The summed E-state index contributed by atoms with van der Waals surface area (Å²) >= 11 is 6.31. The molecule has 0 aromatic carbocycles. The molecule has 1 atom stereocenters. The van der Waals surface area contributed by atoms with Gasteiger partial charge in [-0.25, -0.2) is 4.98 Å². The van der Waals surface area contributed by atoms with Gasteiger partial charge < -0.3 is 9.30 Å². The predicted molar refractivity (Wildman–Crippen MR) is 80.0 cm³/mol. The van der Waals surface area contributed by atoms with Gasteiger partial charge in [0.1, 0.15) is 11.3 Å². The lowest BCUT2D eigenvalue weighted by Crippen LogP contribution is -2.31. The Bertz CT molecular complexity index is 602. The molecule has 0 aliphatic carbocycles. The number of nitrogens with zero attached hydrogens (tertiary/aromatic N) is 3. The van der Waals surface area contributed by atoms with Crippen molar-refractivity contribution in [3.05, 3.63) is 24.3 Å². The fraction of sp³-hybridized carbons (Fsp3) is 0.600. The monoisotopic (exact) mass is 293 g/mol. The average Bonchev–Trinajstić information content (AvgIpc) is 2.78. The Kier molecular flexibility index (Phi) is 3.69. The Morgan fingerprint density at radius 3 is 2.90 bits per heavy atom. The third-order valence-corrected chi connectivity index (χ3v) is 4.37. The molecule has 5 heteroatoms. The van der Waals surface area contributed by atoms with Gasteiger partial charge in [-0.1, -0.05) is 6.92 Å². The molecule has 1 saturated heterocycles. The van der Waals surface area contributed by atoms with Crippen LogP contribution < -0.4 is 0 Å². The molecule has 20 heavy (non-hydrogen) atoms. The van der Waals surface area contributed by atoms with Crippen LogP contribution in [0, 0.1) is 5.41 Å². The number of alkyl halides is 1. The van der Waals surface area contributed by atoms with Gasteiger partial charge in [-0.15, -0.1) is 11.6 Å². The fourth-order valence-electron chi connectivity index (χ4n) is 2.87. The molecular weight excluding hydrogens is 274 g/mol. The number of fused-ring (bicyclic) bond motifs is 1. The van der Waals surface area contributed by atoms with Crippen molar-refractivity contribution in [2.24, 2.45) is 5.41 Å². The van der Waals surface area contributed by atoms with Crippen LogP contribution in [0.1, 0.15) is 37.9 Å². The van der Waals surface area contributed by atoms with E-state index in [0.717, 1.165) is 49.5 Å². The molecular formula is C15H20ClN3O. The van der Waals surface area contributed by atoms with Crippen LogP contribution in [0.5, 0.6) is 0 Å². The second-order valence-electron chi connectivity index (χ2n) is 5.96. The molecule has 0 bridgehead atoms. The molecule has 0 radical (unpaired) electrons. The fourth-order valence-corrected chi connectivity index (χ4v) is 3.04. The Morgan fingerprint density at radius 2 is 2.20 bits per heavy atom. The maximum atomic E-state index is 6.31. The standard InChI is InChI=1S/C15H20ClN3O/c1-11(16)14-18-12-9-17-6-3-13(12)19(14)10-15(2)4-7-20-8-5-15/h3,6,9,11H,4-5,7-8,10H2,1-2H3. The van der Waals surface area contributed by atoms with Gasteiger partial charge in [-0.05, 0) is 31.2 Å². The van der Waals surface area contributed by atoms with E-state index in [1.165, 1.54) is 0 Å². The number of rotatable bonds is 3. The molecule has 2 aromatic heterocycles.